The van der Waals surface area contributed by atoms with Crippen LogP contribution in [0.5, 0.6) is 0 Å². The predicted octanol–water partition coefficient (Wildman–Crippen LogP) is 1.00. The highest BCUT2D eigenvalue weighted by Gasteiger charge is 2.42. The topological polar surface area (TPSA) is 42.4 Å². The Labute approximate surface area is 86.5 Å². The maximum Gasteiger partial charge on any atom is 0.273 e. The number of amides is 1. The summed E-state index contributed by atoms with van der Waals surface area (Å²) in [5, 5.41) is 1.77. The molecular weight excluding hydrogens is 200 g/mol. The summed E-state index contributed by atoms with van der Waals surface area (Å²) in [7, 11) is 1.67. The molecule has 0 radical (unpaired) electrons. The van der Waals surface area contributed by atoms with Gasteiger partial charge in [0.05, 0.1) is 18.6 Å². The molecule has 4 nitrogen and oxygen atoms in total. The molecule has 1 fully saturated rings. The van der Waals surface area contributed by atoms with Crippen LogP contribution in [-0.2, 0) is 4.74 Å². The summed E-state index contributed by atoms with van der Waals surface area (Å²) in [6.07, 6.45) is 0. The van der Waals surface area contributed by atoms with Crippen molar-refractivity contribution in [1.82, 2.24) is 9.88 Å². The summed E-state index contributed by atoms with van der Waals surface area (Å²) in [5.41, 5.74) is 2.04. The Bertz CT molecular complexity index is 331. The highest BCUT2D eigenvalue weighted by Crippen LogP contribution is 2.25. The fourth-order valence-corrected chi connectivity index (χ4v) is 2.04. The third-order valence-corrected chi connectivity index (χ3v) is 3.07. The van der Waals surface area contributed by atoms with Crippen molar-refractivity contribution in [1.29, 1.82) is 0 Å². The second-order valence-electron chi connectivity index (χ2n) is 3.69. The van der Waals surface area contributed by atoms with Crippen LogP contribution in [0.15, 0.2) is 10.9 Å². The molecule has 76 valence electrons. The second kappa shape index (κ2) is 3.33. The average Bonchev–Trinajstić information content (AvgIpc) is 2.64. The monoisotopic (exact) mass is 212 g/mol. The van der Waals surface area contributed by atoms with E-state index in [2.05, 4.69) is 4.98 Å². The molecule has 1 amide bonds. The molecule has 0 saturated carbocycles. The van der Waals surface area contributed by atoms with Gasteiger partial charge in [-0.15, -0.1) is 11.3 Å². The molecule has 1 aliphatic rings. The molecule has 0 aliphatic carbocycles. The van der Waals surface area contributed by atoms with E-state index in [9.17, 15) is 4.79 Å². The number of likely N-dealkylation sites (tertiary alicyclic amines) is 1. The van der Waals surface area contributed by atoms with E-state index >= 15 is 0 Å². The van der Waals surface area contributed by atoms with Crippen molar-refractivity contribution in [3.05, 3.63) is 16.6 Å². The average molecular weight is 212 g/mol. The molecule has 1 aromatic heterocycles. The van der Waals surface area contributed by atoms with E-state index in [1.54, 1.807) is 22.9 Å². The molecule has 0 spiro atoms. The lowest BCUT2D eigenvalue weighted by Crippen LogP contribution is -2.62. The molecule has 0 aromatic carbocycles. The summed E-state index contributed by atoms with van der Waals surface area (Å²) in [5.74, 6) is 0.000718. The van der Waals surface area contributed by atoms with Crippen molar-refractivity contribution < 1.29 is 9.53 Å². The molecular formula is C9H12N2O2S. The first-order valence-electron chi connectivity index (χ1n) is 4.37. The molecule has 5 heteroatoms. The molecule has 0 atom stereocenters. The highest BCUT2D eigenvalue weighted by molar-refractivity contribution is 7.07. The lowest BCUT2D eigenvalue weighted by Gasteiger charge is -2.46. The first kappa shape index (κ1) is 9.61. The van der Waals surface area contributed by atoms with Crippen LogP contribution in [0.2, 0.25) is 0 Å². The molecule has 2 heterocycles. The Morgan fingerprint density at radius 1 is 1.71 bits per heavy atom. The van der Waals surface area contributed by atoms with Gasteiger partial charge in [0.25, 0.3) is 5.91 Å². The molecule has 14 heavy (non-hydrogen) atoms. The normalized spacial score (nSPS) is 19.1. The fourth-order valence-electron chi connectivity index (χ4n) is 1.51. The standard InChI is InChI=1S/C9H12N2O2S/c1-9(13-2)4-11(5-9)8(12)7-3-14-6-10-7/h3,6H,4-5H2,1-2H3. The fraction of sp³-hybridized carbons (Fsp3) is 0.556. The Balaban J connectivity index is 1.98. The maximum atomic E-state index is 11.7. The van der Waals surface area contributed by atoms with Gasteiger partial charge in [-0.1, -0.05) is 0 Å². The number of nitrogens with zero attached hydrogens (tertiary/aromatic N) is 2. The third-order valence-electron chi connectivity index (χ3n) is 2.48. The largest absolute Gasteiger partial charge is 0.375 e. The zero-order valence-corrected chi connectivity index (χ0v) is 9.00. The number of hydrogen-bond acceptors (Lipinski definition) is 4. The van der Waals surface area contributed by atoms with Crippen molar-refractivity contribution in [2.45, 2.75) is 12.5 Å². The number of carbonyl (C=O) groups is 1. The van der Waals surface area contributed by atoms with Gasteiger partial charge in [-0.3, -0.25) is 4.79 Å². The summed E-state index contributed by atoms with van der Waals surface area (Å²) >= 11 is 1.44. The molecule has 1 aromatic rings. The van der Waals surface area contributed by atoms with Crippen LogP contribution in [0.25, 0.3) is 0 Å². The number of methoxy groups -OCH3 is 1. The van der Waals surface area contributed by atoms with E-state index in [0.29, 0.717) is 18.8 Å². The molecule has 0 bridgehead atoms. The first-order valence-corrected chi connectivity index (χ1v) is 5.31. The van der Waals surface area contributed by atoms with Crippen LogP contribution in [0.1, 0.15) is 17.4 Å². The van der Waals surface area contributed by atoms with Crippen molar-refractivity contribution in [2.75, 3.05) is 20.2 Å². The summed E-state index contributed by atoms with van der Waals surface area (Å²) in [6.45, 7) is 3.30. The van der Waals surface area contributed by atoms with Gasteiger partial charge in [0, 0.05) is 12.5 Å². The Kier molecular flexibility index (Phi) is 2.28. The van der Waals surface area contributed by atoms with E-state index in [0.717, 1.165) is 0 Å². The number of thiazole rings is 1. The van der Waals surface area contributed by atoms with Crippen molar-refractivity contribution in [2.24, 2.45) is 0 Å². The van der Waals surface area contributed by atoms with Gasteiger partial charge in [-0.25, -0.2) is 4.98 Å². The van der Waals surface area contributed by atoms with E-state index in [1.165, 1.54) is 11.3 Å². The Morgan fingerprint density at radius 3 is 2.93 bits per heavy atom. The first-order chi connectivity index (χ1) is 6.64. The van der Waals surface area contributed by atoms with Gasteiger partial charge in [-0.05, 0) is 6.92 Å². The minimum Gasteiger partial charge on any atom is -0.375 e. The highest BCUT2D eigenvalue weighted by atomic mass is 32.1. The number of hydrogen-bond donors (Lipinski definition) is 0. The number of aromatic nitrogens is 1. The van der Waals surface area contributed by atoms with Crippen molar-refractivity contribution >= 4 is 17.2 Å². The minimum atomic E-state index is -0.161. The lowest BCUT2D eigenvalue weighted by molar-refractivity contribution is -0.0948. The zero-order valence-electron chi connectivity index (χ0n) is 8.19. The molecule has 2 rings (SSSR count). The molecule has 1 saturated heterocycles. The molecule has 0 N–H and O–H groups in total. The van der Waals surface area contributed by atoms with Crippen LogP contribution in [0.4, 0.5) is 0 Å². The van der Waals surface area contributed by atoms with Gasteiger partial charge in [0.15, 0.2) is 0 Å². The number of carbonyl (C=O) groups excluding carboxylic acids is 1. The van der Waals surface area contributed by atoms with Gasteiger partial charge in [0.1, 0.15) is 11.3 Å². The quantitative estimate of drug-likeness (QED) is 0.734. The smallest absolute Gasteiger partial charge is 0.273 e. The Hall–Kier alpha value is -0.940. The van der Waals surface area contributed by atoms with Crippen molar-refractivity contribution in [3.8, 4) is 0 Å². The van der Waals surface area contributed by atoms with Crippen LogP contribution >= 0.6 is 11.3 Å². The van der Waals surface area contributed by atoms with E-state index in [1.807, 2.05) is 6.92 Å². The van der Waals surface area contributed by atoms with Gasteiger partial charge >= 0.3 is 0 Å². The van der Waals surface area contributed by atoms with Crippen LogP contribution in [-0.4, -0.2) is 41.6 Å². The molecule has 0 unspecified atom stereocenters. The van der Waals surface area contributed by atoms with Crippen molar-refractivity contribution in [3.63, 3.8) is 0 Å². The number of ether oxygens (including phenoxy) is 1. The van der Waals surface area contributed by atoms with Gasteiger partial charge in [-0.2, -0.15) is 0 Å². The van der Waals surface area contributed by atoms with E-state index in [-0.39, 0.29) is 11.5 Å². The maximum absolute atomic E-state index is 11.7. The number of rotatable bonds is 2. The predicted molar refractivity (Wildman–Crippen MR) is 53.4 cm³/mol. The van der Waals surface area contributed by atoms with Crippen LogP contribution in [0, 0.1) is 0 Å². The zero-order chi connectivity index (χ0) is 10.2. The molecule has 1 aliphatic heterocycles. The van der Waals surface area contributed by atoms with Gasteiger partial charge < -0.3 is 9.64 Å². The van der Waals surface area contributed by atoms with E-state index in [4.69, 9.17) is 4.74 Å². The third kappa shape index (κ3) is 1.53. The Morgan fingerprint density at radius 2 is 2.43 bits per heavy atom. The second-order valence-corrected chi connectivity index (χ2v) is 4.41. The van der Waals surface area contributed by atoms with Crippen LogP contribution < -0.4 is 0 Å². The van der Waals surface area contributed by atoms with Crippen LogP contribution in [0.3, 0.4) is 0 Å². The summed E-state index contributed by atoms with van der Waals surface area (Å²) in [6, 6.07) is 0. The minimum absolute atomic E-state index is 0.000718. The lowest BCUT2D eigenvalue weighted by atomic mass is 9.96. The van der Waals surface area contributed by atoms with E-state index < -0.39 is 0 Å². The summed E-state index contributed by atoms with van der Waals surface area (Å²) < 4.78 is 5.26. The van der Waals surface area contributed by atoms with Gasteiger partial charge in [0.2, 0.25) is 0 Å². The SMILES string of the molecule is COC1(C)CN(C(=O)c2cscn2)C1. The summed E-state index contributed by atoms with van der Waals surface area (Å²) in [4.78, 5) is 17.4.